The quantitative estimate of drug-likeness (QED) is 0.523. The Morgan fingerprint density at radius 2 is 2.09 bits per heavy atom. The van der Waals surface area contributed by atoms with Crippen LogP contribution in [0.2, 0.25) is 0 Å². The Kier molecular flexibility index (Phi) is 5.97. The van der Waals surface area contributed by atoms with Crippen molar-refractivity contribution in [1.29, 1.82) is 0 Å². The van der Waals surface area contributed by atoms with Crippen LogP contribution in [-0.4, -0.2) is 0 Å². The molecule has 0 heterocycles. The predicted molar refractivity (Wildman–Crippen MR) is 51.6 cm³/mol. The predicted octanol–water partition coefficient (Wildman–Crippen LogP) is 3.93. The van der Waals surface area contributed by atoms with Gasteiger partial charge in [0, 0.05) is 0 Å². The minimum Gasteiger partial charge on any atom is -0.130 e. The Morgan fingerprint density at radius 3 is 2.45 bits per heavy atom. The van der Waals surface area contributed by atoms with E-state index in [1.165, 1.54) is 31.3 Å². The second-order valence-corrected chi connectivity index (χ2v) is 3.11. The number of unbranched alkanes of at least 4 members (excludes halogenated alkanes) is 1. The maximum atomic E-state index is 3.68. The molecule has 0 aliphatic carbocycles. The third-order valence-corrected chi connectivity index (χ3v) is 2.29. The van der Waals surface area contributed by atoms with E-state index >= 15 is 0 Å². The van der Waals surface area contributed by atoms with Crippen LogP contribution in [0.4, 0.5) is 0 Å². The molecule has 0 saturated carbocycles. The Balaban J connectivity index is 3.85. The first-order chi connectivity index (χ1) is 5.26. The molecule has 0 rings (SSSR count). The van der Waals surface area contributed by atoms with Crippen LogP contribution in [0.3, 0.4) is 0 Å². The van der Waals surface area contributed by atoms with Gasteiger partial charge < -0.3 is 0 Å². The molecule has 0 spiro atoms. The molecule has 0 nitrogen and oxygen atoms in total. The Labute approximate surface area is 71.0 Å². The maximum absolute atomic E-state index is 3.68. The molecule has 64 valence electrons. The van der Waals surface area contributed by atoms with Crippen LogP contribution >= 0.6 is 0 Å². The van der Waals surface area contributed by atoms with Gasteiger partial charge in [0.1, 0.15) is 0 Å². The van der Waals surface area contributed by atoms with Gasteiger partial charge in [0.25, 0.3) is 0 Å². The van der Waals surface area contributed by atoms with Crippen LogP contribution in [0.15, 0.2) is 17.9 Å². The van der Waals surface area contributed by atoms with E-state index in [4.69, 9.17) is 0 Å². The van der Waals surface area contributed by atoms with Crippen molar-refractivity contribution in [1.82, 2.24) is 0 Å². The lowest BCUT2D eigenvalue weighted by molar-refractivity contribution is 0.516. The maximum Gasteiger partial charge on any atom is -0.0133 e. The van der Waals surface area contributed by atoms with Crippen LogP contribution in [0.5, 0.6) is 0 Å². The van der Waals surface area contributed by atoms with E-state index in [0.29, 0.717) is 0 Å². The Morgan fingerprint density at radius 1 is 1.45 bits per heavy atom. The van der Waals surface area contributed by atoms with Crippen LogP contribution in [0.25, 0.3) is 0 Å². The lowest BCUT2D eigenvalue weighted by Crippen LogP contribution is -1.99. The molecule has 0 aliphatic heterocycles. The second-order valence-electron chi connectivity index (χ2n) is 3.11. The molecule has 0 fully saturated rings. The molecule has 0 bridgehead atoms. The molecule has 0 saturated heterocycles. The van der Waals surface area contributed by atoms with Gasteiger partial charge in [-0.1, -0.05) is 33.3 Å². The summed E-state index contributed by atoms with van der Waals surface area (Å²) in [6.07, 6.45) is 5.16. The van der Waals surface area contributed by atoms with Crippen molar-refractivity contribution in [3.8, 4) is 0 Å². The summed E-state index contributed by atoms with van der Waals surface area (Å²) in [6.45, 7) is 10.3. The van der Waals surface area contributed by atoms with E-state index in [1.807, 2.05) is 0 Å². The fraction of sp³-hybridized carbons (Fsp3) is 0.727. The highest BCUT2D eigenvalue weighted by Gasteiger charge is 2.05. The lowest BCUT2D eigenvalue weighted by Gasteiger charge is -2.12. The molecule has 0 aromatic carbocycles. The second kappa shape index (κ2) is 6.24. The first kappa shape index (κ1) is 10.5. The molecule has 0 aliphatic rings. The van der Waals surface area contributed by atoms with E-state index in [-0.39, 0.29) is 0 Å². The van der Waals surface area contributed by atoms with Gasteiger partial charge in [0.2, 0.25) is 0 Å². The normalized spacial score (nSPS) is 12.3. The van der Waals surface area contributed by atoms with E-state index in [9.17, 15) is 0 Å². The van der Waals surface area contributed by atoms with E-state index in [2.05, 4.69) is 33.1 Å². The Hall–Kier alpha value is -0.480. The largest absolute Gasteiger partial charge is 0.130 e. The zero-order valence-corrected chi connectivity index (χ0v) is 8.11. The van der Waals surface area contributed by atoms with Crippen molar-refractivity contribution < 1.29 is 0 Å². The number of allylic oxidation sites excluding steroid dienone is 1. The zero-order valence-electron chi connectivity index (χ0n) is 8.11. The van der Waals surface area contributed by atoms with Crippen LogP contribution in [-0.2, 0) is 0 Å². The molecule has 0 radical (unpaired) electrons. The van der Waals surface area contributed by atoms with Gasteiger partial charge in [-0.25, -0.2) is 0 Å². The van der Waals surface area contributed by atoms with Crippen molar-refractivity contribution in [3.63, 3.8) is 0 Å². The number of hydrogen-bond donors (Lipinski definition) is 0. The minimum absolute atomic E-state index is 0.729. The van der Waals surface area contributed by atoms with Gasteiger partial charge in [-0.15, -0.1) is 5.73 Å². The molecule has 0 aromatic heterocycles. The smallest absolute Gasteiger partial charge is 0.0133 e. The highest BCUT2D eigenvalue weighted by molar-refractivity contribution is 4.99. The third kappa shape index (κ3) is 4.06. The highest BCUT2D eigenvalue weighted by Crippen LogP contribution is 2.19. The fourth-order valence-corrected chi connectivity index (χ4v) is 1.32. The molecule has 0 aromatic rings. The SMILES string of the molecule is C=C=C(C)[C@H](CC)CCCC. The van der Waals surface area contributed by atoms with Crippen LogP contribution < -0.4 is 0 Å². The molecule has 0 unspecified atom stereocenters. The topological polar surface area (TPSA) is 0 Å². The molecule has 0 heteroatoms. The lowest BCUT2D eigenvalue weighted by atomic mass is 9.93. The van der Waals surface area contributed by atoms with Gasteiger partial charge >= 0.3 is 0 Å². The number of hydrogen-bond acceptors (Lipinski definition) is 0. The summed E-state index contributed by atoms with van der Waals surface area (Å²) in [5.74, 6) is 0.729. The van der Waals surface area contributed by atoms with Crippen molar-refractivity contribution >= 4 is 0 Å². The van der Waals surface area contributed by atoms with Crippen molar-refractivity contribution in [2.75, 3.05) is 0 Å². The third-order valence-electron chi connectivity index (χ3n) is 2.29. The summed E-state index contributed by atoms with van der Waals surface area (Å²) in [5.41, 5.74) is 4.33. The molecule has 11 heavy (non-hydrogen) atoms. The van der Waals surface area contributed by atoms with E-state index < -0.39 is 0 Å². The monoisotopic (exact) mass is 152 g/mol. The molecule has 0 amide bonds. The molecule has 1 atom stereocenters. The van der Waals surface area contributed by atoms with Gasteiger partial charge in [0.05, 0.1) is 0 Å². The van der Waals surface area contributed by atoms with Gasteiger partial charge in [-0.05, 0) is 31.3 Å². The molecule has 0 N–H and O–H groups in total. The van der Waals surface area contributed by atoms with E-state index in [1.54, 1.807) is 0 Å². The first-order valence-electron chi connectivity index (χ1n) is 4.62. The van der Waals surface area contributed by atoms with Crippen molar-refractivity contribution in [3.05, 3.63) is 17.9 Å². The first-order valence-corrected chi connectivity index (χ1v) is 4.62. The summed E-state index contributed by atoms with van der Waals surface area (Å²) < 4.78 is 0. The standard InChI is InChI=1S/C11H20/c1-5-8-9-11(7-3)10(4)6-2/h11H,2,5,7-9H2,1,3-4H3/t11-/m1/s1. The molecular weight excluding hydrogens is 132 g/mol. The Bertz CT molecular complexity index is 138. The average Bonchev–Trinajstić information content (AvgIpc) is 2.05. The summed E-state index contributed by atoms with van der Waals surface area (Å²) in [6, 6.07) is 0. The summed E-state index contributed by atoms with van der Waals surface area (Å²) in [4.78, 5) is 0. The van der Waals surface area contributed by atoms with Gasteiger partial charge in [0.15, 0.2) is 0 Å². The summed E-state index contributed by atoms with van der Waals surface area (Å²) in [7, 11) is 0. The molecular formula is C11H20. The number of rotatable bonds is 5. The zero-order chi connectivity index (χ0) is 8.69. The van der Waals surface area contributed by atoms with Gasteiger partial charge in [-0.2, -0.15) is 0 Å². The van der Waals surface area contributed by atoms with Crippen LogP contribution in [0, 0.1) is 5.92 Å². The van der Waals surface area contributed by atoms with Crippen molar-refractivity contribution in [2.45, 2.75) is 46.5 Å². The minimum atomic E-state index is 0.729. The van der Waals surface area contributed by atoms with Crippen LogP contribution in [0.1, 0.15) is 46.5 Å². The van der Waals surface area contributed by atoms with E-state index in [0.717, 1.165) is 5.92 Å². The summed E-state index contributed by atoms with van der Waals surface area (Å²) in [5, 5.41) is 0. The summed E-state index contributed by atoms with van der Waals surface area (Å²) >= 11 is 0. The fourth-order valence-electron chi connectivity index (χ4n) is 1.32. The van der Waals surface area contributed by atoms with Gasteiger partial charge in [-0.3, -0.25) is 0 Å². The highest BCUT2D eigenvalue weighted by atomic mass is 14.1. The van der Waals surface area contributed by atoms with Crippen molar-refractivity contribution in [2.24, 2.45) is 5.92 Å². The average molecular weight is 152 g/mol.